The molecule has 1 aromatic carbocycles. The Kier molecular flexibility index (Phi) is 13.6. The maximum atomic E-state index is 15.5. The number of nitrogens with one attached hydrogen (secondary N) is 2. The number of rotatable bonds is 20. The molecule has 1 aliphatic carbocycles. The molecule has 1 aromatic heterocycles. The number of carboxylic acid groups (broad SMARTS) is 5. The van der Waals surface area contributed by atoms with Crippen molar-refractivity contribution < 1.29 is 78.5 Å². The average molecular weight is 808 g/mol. The number of aliphatic carboxylic acids is 4. The van der Waals surface area contributed by atoms with Crippen LogP contribution in [-0.2, 0) is 33.6 Å². The van der Waals surface area contributed by atoms with Gasteiger partial charge in [0.05, 0.1) is 36.9 Å². The van der Waals surface area contributed by atoms with E-state index < -0.39 is 107 Å². The number of amides is 3. The molecule has 2 aromatic rings. The molecule has 0 bridgehead atoms. The summed E-state index contributed by atoms with van der Waals surface area (Å²) in [5.74, 6) is -12.4. The molecular formula is C35H42FN5O16. The number of hydrogen-bond acceptors (Lipinski definition) is 12. The number of piperazine rings is 1. The molecule has 9 N–H and O–H groups in total. The molecule has 22 heteroatoms. The van der Waals surface area contributed by atoms with Crippen LogP contribution in [0.15, 0.2) is 23.1 Å². The third kappa shape index (κ3) is 10.8. The number of unbranched alkanes of at least 4 members (excludes halogenated alkanes) is 1. The molecule has 1 aliphatic heterocycles. The van der Waals surface area contributed by atoms with Gasteiger partial charge in [-0.15, -0.1) is 0 Å². The van der Waals surface area contributed by atoms with Crippen molar-refractivity contribution >= 4 is 64.2 Å². The van der Waals surface area contributed by atoms with Crippen molar-refractivity contribution in [1.82, 2.24) is 20.1 Å². The number of carbonyl (C=O) groups is 8. The highest BCUT2D eigenvalue weighted by atomic mass is 19.1. The number of carbonyl (C=O) groups excluding carboxylic acids is 3. The molecule has 2 unspecified atom stereocenters. The molecule has 0 radical (unpaired) electrons. The summed E-state index contributed by atoms with van der Waals surface area (Å²) in [7, 11) is 0. The first kappa shape index (κ1) is 43.6. The lowest BCUT2D eigenvalue weighted by Gasteiger charge is -2.38. The Bertz CT molecular complexity index is 2030. The van der Waals surface area contributed by atoms with Crippen molar-refractivity contribution in [3.63, 3.8) is 0 Å². The minimum atomic E-state index is -3.01. The van der Waals surface area contributed by atoms with Crippen LogP contribution in [0, 0.1) is 5.82 Å². The van der Waals surface area contributed by atoms with E-state index in [0.717, 1.165) is 18.9 Å². The topological polar surface area (TPSA) is 331 Å². The maximum absolute atomic E-state index is 15.5. The standard InChI is InChI=1S/C35H42FN5O16/c36-21-11-19-23(41(18-4-5-18)17-20(29(19)48)31(50)51)12-24(21)39-7-9-40(10-8-39)30(49)22(38-26(43)14-35(57,33(54)55)16-28(46)47)3-1-2-6-37-25(42)13-34(56,32(52)53)15-27(44)45/h11-12,17-18,22,56-57H,1-10,13-16H2,(H,37,42)(H,38,43)(H,44,45)(H,46,47)(H,50,51)(H,52,53)(H,54,55)/t22-,34?,35?/m0/s1. The summed E-state index contributed by atoms with van der Waals surface area (Å²) in [6.07, 6.45) is -2.12. The van der Waals surface area contributed by atoms with Gasteiger partial charge in [0.25, 0.3) is 0 Å². The van der Waals surface area contributed by atoms with E-state index in [1.54, 1.807) is 9.47 Å². The van der Waals surface area contributed by atoms with Crippen molar-refractivity contribution in [2.45, 2.75) is 81.1 Å². The second-order valence-corrected chi connectivity index (χ2v) is 14.1. The van der Waals surface area contributed by atoms with Crippen LogP contribution in [0.4, 0.5) is 10.1 Å². The molecular weight excluding hydrogens is 765 g/mol. The van der Waals surface area contributed by atoms with Gasteiger partial charge in [-0.2, -0.15) is 0 Å². The highest BCUT2D eigenvalue weighted by Crippen LogP contribution is 2.38. The van der Waals surface area contributed by atoms with Crippen LogP contribution in [0.5, 0.6) is 0 Å². The number of halogens is 1. The largest absolute Gasteiger partial charge is 0.481 e. The smallest absolute Gasteiger partial charge is 0.341 e. The average Bonchev–Trinajstić information content (AvgIpc) is 3.95. The molecule has 2 heterocycles. The SMILES string of the molecule is O=C(O)CC(O)(CC(=O)NCCCC[C@H](NC(=O)CC(O)(CC(=O)O)C(=O)O)C(=O)N1CCN(c2cc3c(cc2F)c(=O)c(C(=O)O)cn3C2CC2)CC1)C(=O)O. The van der Waals surface area contributed by atoms with Gasteiger partial charge in [0, 0.05) is 50.3 Å². The predicted molar refractivity (Wildman–Crippen MR) is 190 cm³/mol. The van der Waals surface area contributed by atoms with Crippen molar-refractivity contribution in [2.75, 3.05) is 37.6 Å². The number of aromatic nitrogens is 1. The monoisotopic (exact) mass is 807 g/mol. The lowest BCUT2D eigenvalue weighted by molar-refractivity contribution is -0.167. The minimum Gasteiger partial charge on any atom is -0.481 e. The Morgan fingerprint density at radius 2 is 1.35 bits per heavy atom. The van der Waals surface area contributed by atoms with Gasteiger partial charge in [-0.05, 0) is 44.2 Å². The van der Waals surface area contributed by atoms with E-state index in [-0.39, 0.29) is 69.1 Å². The number of hydrogen-bond donors (Lipinski definition) is 9. The Hall–Kier alpha value is -6.16. The Morgan fingerprint density at radius 1 is 0.789 bits per heavy atom. The number of aliphatic hydroxyl groups is 2. The summed E-state index contributed by atoms with van der Waals surface area (Å²) in [4.78, 5) is 112. The van der Waals surface area contributed by atoms with Gasteiger partial charge in [-0.3, -0.25) is 28.8 Å². The van der Waals surface area contributed by atoms with E-state index in [1.807, 2.05) is 0 Å². The first-order chi connectivity index (χ1) is 26.7. The number of nitrogens with zero attached hydrogens (tertiary/aromatic N) is 3. The molecule has 0 spiro atoms. The number of pyridine rings is 1. The summed E-state index contributed by atoms with van der Waals surface area (Å²) in [6, 6.07) is 0.988. The van der Waals surface area contributed by atoms with E-state index >= 15 is 4.39 Å². The van der Waals surface area contributed by atoms with Gasteiger partial charge in [0.1, 0.15) is 17.4 Å². The predicted octanol–water partition coefficient (Wildman–Crippen LogP) is -1.05. The van der Waals surface area contributed by atoms with E-state index in [9.17, 15) is 68.7 Å². The van der Waals surface area contributed by atoms with Gasteiger partial charge >= 0.3 is 29.8 Å². The second-order valence-electron chi connectivity index (χ2n) is 14.1. The van der Waals surface area contributed by atoms with Crippen molar-refractivity contribution in [2.24, 2.45) is 0 Å². The number of fused-ring (bicyclic) bond motifs is 1. The van der Waals surface area contributed by atoms with Gasteiger partial charge in [-0.25, -0.2) is 18.8 Å². The number of anilines is 1. The molecule has 4 rings (SSSR count). The normalized spacial score (nSPS) is 16.8. The van der Waals surface area contributed by atoms with E-state index in [0.29, 0.717) is 5.52 Å². The molecule has 3 amide bonds. The van der Waals surface area contributed by atoms with Crippen LogP contribution in [0.2, 0.25) is 0 Å². The Balaban J connectivity index is 1.46. The Labute approximate surface area is 321 Å². The number of aromatic carboxylic acids is 1. The fourth-order valence-corrected chi connectivity index (χ4v) is 6.52. The highest BCUT2D eigenvalue weighted by molar-refractivity contribution is 5.95. The molecule has 21 nitrogen and oxygen atoms in total. The highest BCUT2D eigenvalue weighted by Gasteiger charge is 2.42. The van der Waals surface area contributed by atoms with E-state index in [4.69, 9.17) is 10.2 Å². The first-order valence-electron chi connectivity index (χ1n) is 17.7. The Morgan fingerprint density at radius 3 is 1.86 bits per heavy atom. The van der Waals surface area contributed by atoms with Gasteiger partial charge in [0.2, 0.25) is 23.2 Å². The summed E-state index contributed by atoms with van der Waals surface area (Å²) in [5, 5.41) is 71.1. The van der Waals surface area contributed by atoms with Gasteiger partial charge < -0.3 is 60.7 Å². The van der Waals surface area contributed by atoms with Crippen LogP contribution < -0.4 is 21.0 Å². The number of carboxylic acids is 5. The van der Waals surface area contributed by atoms with Gasteiger partial charge in [-0.1, -0.05) is 0 Å². The third-order valence-electron chi connectivity index (χ3n) is 9.67. The van der Waals surface area contributed by atoms with Gasteiger partial charge in [0.15, 0.2) is 11.2 Å². The zero-order chi connectivity index (χ0) is 42.4. The van der Waals surface area contributed by atoms with E-state index in [1.165, 1.54) is 17.2 Å². The third-order valence-corrected chi connectivity index (χ3v) is 9.67. The molecule has 57 heavy (non-hydrogen) atoms. The lowest BCUT2D eigenvalue weighted by Crippen LogP contribution is -2.56. The fourth-order valence-electron chi connectivity index (χ4n) is 6.52. The number of benzene rings is 1. The van der Waals surface area contributed by atoms with Crippen LogP contribution in [-0.4, -0.2) is 143 Å². The summed E-state index contributed by atoms with van der Waals surface area (Å²) >= 11 is 0. The zero-order valence-electron chi connectivity index (χ0n) is 30.3. The first-order valence-corrected chi connectivity index (χ1v) is 17.7. The molecule has 1 saturated carbocycles. The van der Waals surface area contributed by atoms with Crippen molar-refractivity contribution in [3.8, 4) is 0 Å². The molecule has 310 valence electrons. The van der Waals surface area contributed by atoms with Crippen molar-refractivity contribution in [3.05, 3.63) is 39.9 Å². The van der Waals surface area contributed by atoms with Crippen LogP contribution in [0.1, 0.15) is 74.2 Å². The second kappa shape index (κ2) is 17.7. The minimum absolute atomic E-state index is 0.0208. The molecule has 2 aliphatic rings. The zero-order valence-corrected chi connectivity index (χ0v) is 30.3. The molecule has 2 fully saturated rings. The van der Waals surface area contributed by atoms with Crippen LogP contribution >= 0.6 is 0 Å². The molecule has 1 saturated heterocycles. The quantitative estimate of drug-likeness (QED) is 0.0721. The lowest BCUT2D eigenvalue weighted by atomic mass is 9.95. The summed E-state index contributed by atoms with van der Waals surface area (Å²) in [6.45, 7) is -0.0660. The van der Waals surface area contributed by atoms with Crippen LogP contribution in [0.25, 0.3) is 10.9 Å². The fraction of sp³-hybridized carbons (Fsp3) is 0.514. The summed E-state index contributed by atoms with van der Waals surface area (Å²) in [5.41, 5.74) is -6.78. The van der Waals surface area contributed by atoms with Crippen LogP contribution in [0.3, 0.4) is 0 Å². The van der Waals surface area contributed by atoms with Crippen molar-refractivity contribution in [1.29, 1.82) is 0 Å². The molecule has 3 atom stereocenters. The maximum Gasteiger partial charge on any atom is 0.341 e. The van der Waals surface area contributed by atoms with E-state index in [2.05, 4.69) is 10.6 Å². The summed E-state index contributed by atoms with van der Waals surface area (Å²) < 4.78 is 17.2.